The molecule has 0 aliphatic heterocycles. The van der Waals surface area contributed by atoms with Crippen LogP contribution in [0.4, 0.5) is 0 Å². The molecule has 0 aliphatic rings. The molecule has 0 heteroatoms. The van der Waals surface area contributed by atoms with Crippen molar-refractivity contribution in [2.45, 2.75) is 53.9 Å². The highest BCUT2D eigenvalue weighted by Crippen LogP contribution is 2.26. The molecule has 0 aliphatic carbocycles. The Labute approximate surface area is 124 Å². The molecule has 0 nitrogen and oxygen atoms in total. The first-order chi connectivity index (χ1) is 9.70. The molecule has 2 aromatic carbocycles. The Morgan fingerprint density at radius 1 is 0.800 bits per heavy atom. The molecule has 108 valence electrons. The average Bonchev–Trinajstić information content (AvgIpc) is 2.48. The van der Waals surface area contributed by atoms with Crippen LogP contribution < -0.4 is 0 Å². The molecule has 0 bridgehead atoms. The summed E-state index contributed by atoms with van der Waals surface area (Å²) >= 11 is 0. The molecule has 0 atom stereocenters. The van der Waals surface area contributed by atoms with Crippen molar-refractivity contribution < 1.29 is 0 Å². The molecule has 0 spiro atoms. The number of unbranched alkanes of at least 4 members (excludes halogenated alkanes) is 1. The standard InChI is InChI=1S/C18H22.C2H6/c1-4-5-6-17-13-15(3)9-12-18(17)16-10-7-14(2)8-11-16;1-2/h7-13H,4-6H2,1-3H3;1-2H3. The lowest BCUT2D eigenvalue weighted by Gasteiger charge is -2.11. The highest BCUT2D eigenvalue weighted by atomic mass is 14.1. The molecule has 0 radical (unpaired) electrons. The smallest absolute Gasteiger partial charge is 0.0152 e. The Kier molecular flexibility index (Phi) is 7.08. The third-order valence-electron chi connectivity index (χ3n) is 3.42. The second-order valence-electron chi connectivity index (χ2n) is 5.13. The molecule has 0 heterocycles. The molecule has 0 saturated carbocycles. The van der Waals surface area contributed by atoms with E-state index in [9.17, 15) is 0 Å². The summed E-state index contributed by atoms with van der Waals surface area (Å²) in [7, 11) is 0. The summed E-state index contributed by atoms with van der Waals surface area (Å²) < 4.78 is 0. The second kappa shape index (κ2) is 8.58. The van der Waals surface area contributed by atoms with Gasteiger partial charge in [-0.25, -0.2) is 0 Å². The number of hydrogen-bond donors (Lipinski definition) is 0. The van der Waals surface area contributed by atoms with Crippen LogP contribution in [-0.4, -0.2) is 0 Å². The van der Waals surface area contributed by atoms with Crippen LogP contribution in [0, 0.1) is 13.8 Å². The fourth-order valence-corrected chi connectivity index (χ4v) is 2.31. The van der Waals surface area contributed by atoms with Gasteiger partial charge in [0, 0.05) is 0 Å². The Morgan fingerprint density at radius 2 is 1.40 bits per heavy atom. The van der Waals surface area contributed by atoms with Crippen molar-refractivity contribution in [3.8, 4) is 11.1 Å². The Hall–Kier alpha value is -1.56. The monoisotopic (exact) mass is 268 g/mol. The molecule has 2 rings (SSSR count). The van der Waals surface area contributed by atoms with E-state index < -0.39 is 0 Å². The highest BCUT2D eigenvalue weighted by molar-refractivity contribution is 5.68. The maximum absolute atomic E-state index is 2.34. The quantitative estimate of drug-likeness (QED) is 0.607. The SMILES string of the molecule is CC.CCCCc1cc(C)ccc1-c1ccc(C)cc1. The lowest BCUT2D eigenvalue weighted by molar-refractivity contribution is 0.795. The summed E-state index contributed by atoms with van der Waals surface area (Å²) in [6, 6.07) is 15.7. The molecule has 0 aromatic heterocycles. The van der Waals surface area contributed by atoms with Gasteiger partial charge in [0.2, 0.25) is 0 Å². The van der Waals surface area contributed by atoms with Gasteiger partial charge in [-0.1, -0.05) is 80.8 Å². The van der Waals surface area contributed by atoms with Crippen LogP contribution in [0.5, 0.6) is 0 Å². The average molecular weight is 268 g/mol. The minimum atomic E-state index is 1.18. The molecule has 2 aromatic rings. The molecule has 0 fully saturated rings. The summed E-state index contributed by atoms with van der Waals surface area (Å²) in [5, 5.41) is 0. The lowest BCUT2D eigenvalue weighted by Crippen LogP contribution is -1.91. The summed E-state index contributed by atoms with van der Waals surface area (Å²) in [4.78, 5) is 0. The first-order valence-electron chi connectivity index (χ1n) is 7.87. The molecular formula is C20H28. The van der Waals surface area contributed by atoms with Gasteiger partial charge in [-0.05, 0) is 43.4 Å². The lowest BCUT2D eigenvalue weighted by atomic mass is 9.94. The van der Waals surface area contributed by atoms with Crippen molar-refractivity contribution in [2.75, 3.05) is 0 Å². The van der Waals surface area contributed by atoms with E-state index >= 15 is 0 Å². The third kappa shape index (κ3) is 4.52. The van der Waals surface area contributed by atoms with Crippen LogP contribution in [-0.2, 0) is 6.42 Å². The predicted octanol–water partition coefficient (Wildman–Crippen LogP) is 6.34. The van der Waals surface area contributed by atoms with Crippen LogP contribution in [0.3, 0.4) is 0 Å². The van der Waals surface area contributed by atoms with Crippen molar-refractivity contribution in [3.63, 3.8) is 0 Å². The normalized spacial score (nSPS) is 9.85. The van der Waals surface area contributed by atoms with Crippen LogP contribution in [0.1, 0.15) is 50.3 Å². The molecule has 0 amide bonds. The molecule has 20 heavy (non-hydrogen) atoms. The maximum atomic E-state index is 2.34. The summed E-state index contributed by atoms with van der Waals surface area (Å²) in [5.74, 6) is 0. The van der Waals surface area contributed by atoms with E-state index in [0.29, 0.717) is 0 Å². The van der Waals surface area contributed by atoms with E-state index in [0.717, 1.165) is 0 Å². The van der Waals surface area contributed by atoms with Crippen molar-refractivity contribution in [1.29, 1.82) is 0 Å². The van der Waals surface area contributed by atoms with Crippen LogP contribution in [0.2, 0.25) is 0 Å². The summed E-state index contributed by atoms with van der Waals surface area (Å²) in [6.07, 6.45) is 3.70. The largest absolute Gasteiger partial charge is 0.0683 e. The zero-order chi connectivity index (χ0) is 15.0. The van der Waals surface area contributed by atoms with Crippen molar-refractivity contribution in [1.82, 2.24) is 0 Å². The van der Waals surface area contributed by atoms with Gasteiger partial charge in [0.1, 0.15) is 0 Å². The minimum Gasteiger partial charge on any atom is -0.0683 e. The van der Waals surface area contributed by atoms with Gasteiger partial charge in [0.15, 0.2) is 0 Å². The number of rotatable bonds is 4. The molecular weight excluding hydrogens is 240 g/mol. The van der Waals surface area contributed by atoms with Gasteiger partial charge in [-0.15, -0.1) is 0 Å². The van der Waals surface area contributed by atoms with Gasteiger partial charge in [0.25, 0.3) is 0 Å². The van der Waals surface area contributed by atoms with Gasteiger partial charge >= 0.3 is 0 Å². The van der Waals surface area contributed by atoms with E-state index in [1.54, 1.807) is 0 Å². The summed E-state index contributed by atoms with van der Waals surface area (Å²) in [6.45, 7) is 10.6. The molecule has 0 saturated heterocycles. The Balaban J connectivity index is 0.000000956. The van der Waals surface area contributed by atoms with Crippen LogP contribution >= 0.6 is 0 Å². The first-order valence-corrected chi connectivity index (χ1v) is 7.87. The van der Waals surface area contributed by atoms with Crippen molar-refractivity contribution in [2.24, 2.45) is 0 Å². The first kappa shape index (κ1) is 16.5. The van der Waals surface area contributed by atoms with Gasteiger partial charge in [0.05, 0.1) is 0 Å². The van der Waals surface area contributed by atoms with Gasteiger partial charge in [-0.3, -0.25) is 0 Å². The zero-order valence-electron chi connectivity index (χ0n) is 13.7. The fourth-order valence-electron chi connectivity index (χ4n) is 2.31. The second-order valence-corrected chi connectivity index (χ2v) is 5.13. The molecule has 0 N–H and O–H groups in total. The van der Waals surface area contributed by atoms with Crippen LogP contribution in [0.25, 0.3) is 11.1 Å². The highest BCUT2D eigenvalue weighted by Gasteiger charge is 2.05. The van der Waals surface area contributed by atoms with E-state index in [2.05, 4.69) is 63.2 Å². The maximum Gasteiger partial charge on any atom is -0.0152 e. The summed E-state index contributed by atoms with van der Waals surface area (Å²) in [5.41, 5.74) is 6.90. The van der Waals surface area contributed by atoms with Gasteiger partial charge < -0.3 is 0 Å². The predicted molar refractivity (Wildman–Crippen MR) is 91.3 cm³/mol. The minimum absolute atomic E-state index is 1.18. The van der Waals surface area contributed by atoms with E-state index in [4.69, 9.17) is 0 Å². The van der Waals surface area contributed by atoms with E-state index in [1.165, 1.54) is 47.1 Å². The number of aryl methyl sites for hydroxylation is 3. The topological polar surface area (TPSA) is 0 Å². The van der Waals surface area contributed by atoms with Crippen molar-refractivity contribution >= 4 is 0 Å². The number of benzene rings is 2. The van der Waals surface area contributed by atoms with E-state index in [-0.39, 0.29) is 0 Å². The fraction of sp³-hybridized carbons (Fsp3) is 0.400. The Bertz CT molecular complexity index is 506. The van der Waals surface area contributed by atoms with Gasteiger partial charge in [-0.2, -0.15) is 0 Å². The van der Waals surface area contributed by atoms with Crippen molar-refractivity contribution in [3.05, 3.63) is 59.2 Å². The Morgan fingerprint density at radius 3 is 2.00 bits per heavy atom. The molecule has 0 unspecified atom stereocenters. The van der Waals surface area contributed by atoms with E-state index in [1.807, 2.05) is 13.8 Å². The third-order valence-corrected chi connectivity index (χ3v) is 3.42. The van der Waals surface area contributed by atoms with Crippen LogP contribution in [0.15, 0.2) is 42.5 Å². The zero-order valence-corrected chi connectivity index (χ0v) is 13.7. The number of hydrogen-bond acceptors (Lipinski definition) is 0.